The minimum Gasteiger partial charge on any atom is -0.508 e. The lowest BCUT2D eigenvalue weighted by Gasteiger charge is -2.25. The summed E-state index contributed by atoms with van der Waals surface area (Å²) in [5.74, 6) is 1.12. The highest BCUT2D eigenvalue weighted by Crippen LogP contribution is 2.30. The van der Waals surface area contributed by atoms with Crippen molar-refractivity contribution in [3.63, 3.8) is 0 Å². The van der Waals surface area contributed by atoms with Crippen LogP contribution >= 0.6 is 0 Å². The molecule has 0 aromatic heterocycles. The summed E-state index contributed by atoms with van der Waals surface area (Å²) in [6.45, 7) is 5.76. The van der Waals surface area contributed by atoms with Crippen LogP contribution in [0.15, 0.2) is 24.3 Å². The zero-order valence-corrected chi connectivity index (χ0v) is 11.1. The number of hydrogen-bond donors (Lipinski definition) is 1. The molecule has 1 saturated carbocycles. The van der Waals surface area contributed by atoms with Gasteiger partial charge in [0.2, 0.25) is 0 Å². The van der Waals surface area contributed by atoms with Crippen molar-refractivity contribution in [1.29, 1.82) is 0 Å². The number of nitrogens with zero attached hydrogens (tertiary/aromatic N) is 1. The van der Waals surface area contributed by atoms with Crippen LogP contribution in [0.5, 0.6) is 5.75 Å². The molecular formula is C15H21NO2. The van der Waals surface area contributed by atoms with Gasteiger partial charge in [-0.1, -0.05) is 0 Å². The lowest BCUT2D eigenvalue weighted by molar-refractivity contribution is 0.0901. The zero-order valence-electron chi connectivity index (χ0n) is 11.1. The number of benzene rings is 1. The molecule has 0 atom stereocenters. The molecule has 0 spiro atoms. The van der Waals surface area contributed by atoms with E-state index in [0.29, 0.717) is 18.2 Å². The van der Waals surface area contributed by atoms with Crippen molar-refractivity contribution in [2.24, 2.45) is 5.92 Å². The Kier molecular flexibility index (Phi) is 4.02. The maximum atomic E-state index is 12.1. The molecule has 0 radical (unpaired) electrons. The van der Waals surface area contributed by atoms with E-state index in [1.54, 1.807) is 24.3 Å². The van der Waals surface area contributed by atoms with Crippen molar-refractivity contribution < 1.29 is 9.90 Å². The largest absolute Gasteiger partial charge is 0.508 e. The van der Waals surface area contributed by atoms with Crippen LogP contribution in [0, 0.1) is 5.92 Å². The number of phenols is 1. The molecule has 1 aromatic carbocycles. The van der Waals surface area contributed by atoms with Gasteiger partial charge in [0, 0.05) is 18.2 Å². The Morgan fingerprint density at radius 2 is 1.94 bits per heavy atom. The van der Waals surface area contributed by atoms with Gasteiger partial charge in [-0.2, -0.15) is 0 Å². The van der Waals surface area contributed by atoms with Crippen LogP contribution in [-0.2, 0) is 0 Å². The van der Waals surface area contributed by atoms with Crippen LogP contribution < -0.4 is 0 Å². The Labute approximate surface area is 108 Å². The molecule has 1 aromatic rings. The number of aromatic hydroxyl groups is 1. The number of carbonyl (C=O) groups is 1. The van der Waals surface area contributed by atoms with E-state index < -0.39 is 0 Å². The number of Topliss-reactive ketones (excluding diaryl/α,β-unsaturated/α-hetero) is 1. The van der Waals surface area contributed by atoms with E-state index >= 15 is 0 Å². The van der Waals surface area contributed by atoms with Crippen LogP contribution in [0.25, 0.3) is 0 Å². The standard InChI is InChI=1S/C15H21NO2/c1-11(2)16(9-12-3-4-12)10-15(18)13-5-7-14(17)8-6-13/h5-8,11-12,17H,3-4,9-10H2,1-2H3. The predicted molar refractivity (Wildman–Crippen MR) is 71.9 cm³/mol. The number of hydrogen-bond acceptors (Lipinski definition) is 3. The van der Waals surface area contributed by atoms with Crippen LogP contribution in [0.4, 0.5) is 0 Å². The second kappa shape index (κ2) is 5.53. The maximum absolute atomic E-state index is 12.1. The number of ketones is 1. The molecule has 1 fully saturated rings. The van der Waals surface area contributed by atoms with E-state index in [-0.39, 0.29) is 11.5 Å². The normalized spacial score (nSPS) is 15.3. The molecule has 18 heavy (non-hydrogen) atoms. The van der Waals surface area contributed by atoms with E-state index in [1.807, 2.05) is 0 Å². The van der Waals surface area contributed by atoms with Gasteiger partial charge >= 0.3 is 0 Å². The van der Waals surface area contributed by atoms with Crippen LogP contribution in [-0.4, -0.2) is 34.9 Å². The van der Waals surface area contributed by atoms with Crippen molar-refractivity contribution in [3.05, 3.63) is 29.8 Å². The van der Waals surface area contributed by atoms with E-state index in [9.17, 15) is 9.90 Å². The monoisotopic (exact) mass is 247 g/mol. The number of carbonyl (C=O) groups excluding carboxylic acids is 1. The summed E-state index contributed by atoms with van der Waals surface area (Å²) in [4.78, 5) is 14.4. The van der Waals surface area contributed by atoms with E-state index in [2.05, 4.69) is 18.7 Å². The third-order valence-electron chi connectivity index (χ3n) is 3.46. The molecule has 1 N–H and O–H groups in total. The summed E-state index contributed by atoms with van der Waals surface area (Å²) in [6.07, 6.45) is 2.60. The summed E-state index contributed by atoms with van der Waals surface area (Å²) in [6, 6.07) is 6.90. The van der Waals surface area contributed by atoms with Gasteiger partial charge in [-0.05, 0) is 56.9 Å². The minimum atomic E-state index is 0.129. The lowest BCUT2D eigenvalue weighted by atomic mass is 10.1. The molecular weight excluding hydrogens is 226 g/mol. The first-order chi connectivity index (χ1) is 8.56. The average Bonchev–Trinajstić information content (AvgIpc) is 3.12. The van der Waals surface area contributed by atoms with E-state index in [1.165, 1.54) is 12.8 Å². The van der Waals surface area contributed by atoms with Crippen molar-refractivity contribution in [2.75, 3.05) is 13.1 Å². The fraction of sp³-hybridized carbons (Fsp3) is 0.533. The molecule has 1 aliphatic carbocycles. The Bertz CT molecular complexity index is 407. The Hall–Kier alpha value is -1.35. The highest BCUT2D eigenvalue weighted by atomic mass is 16.3. The zero-order chi connectivity index (χ0) is 13.1. The molecule has 3 heteroatoms. The van der Waals surface area contributed by atoms with Crippen LogP contribution in [0.1, 0.15) is 37.0 Å². The van der Waals surface area contributed by atoms with Gasteiger partial charge in [0.05, 0.1) is 6.54 Å². The maximum Gasteiger partial charge on any atom is 0.176 e. The second-order valence-corrected chi connectivity index (χ2v) is 5.44. The van der Waals surface area contributed by atoms with Crippen LogP contribution in [0.2, 0.25) is 0 Å². The lowest BCUT2D eigenvalue weighted by Crippen LogP contribution is -2.37. The quantitative estimate of drug-likeness (QED) is 0.786. The van der Waals surface area contributed by atoms with Crippen molar-refractivity contribution >= 4 is 5.78 Å². The van der Waals surface area contributed by atoms with Gasteiger partial charge in [0.25, 0.3) is 0 Å². The predicted octanol–water partition coefficient (Wildman–Crippen LogP) is 2.70. The minimum absolute atomic E-state index is 0.129. The fourth-order valence-corrected chi connectivity index (χ4v) is 2.01. The third-order valence-corrected chi connectivity index (χ3v) is 3.46. The summed E-state index contributed by atoms with van der Waals surface area (Å²) < 4.78 is 0. The topological polar surface area (TPSA) is 40.5 Å². The first-order valence-corrected chi connectivity index (χ1v) is 6.62. The fourth-order valence-electron chi connectivity index (χ4n) is 2.01. The van der Waals surface area contributed by atoms with Gasteiger partial charge in [-0.3, -0.25) is 9.69 Å². The van der Waals surface area contributed by atoms with Crippen LogP contribution in [0.3, 0.4) is 0 Å². The molecule has 98 valence electrons. The van der Waals surface area contributed by atoms with Crippen molar-refractivity contribution in [1.82, 2.24) is 4.90 Å². The van der Waals surface area contributed by atoms with Gasteiger partial charge in [0.1, 0.15) is 5.75 Å². The Morgan fingerprint density at radius 3 is 2.44 bits per heavy atom. The van der Waals surface area contributed by atoms with E-state index in [0.717, 1.165) is 12.5 Å². The highest BCUT2D eigenvalue weighted by Gasteiger charge is 2.26. The number of phenolic OH excluding ortho intramolecular Hbond substituents is 1. The first-order valence-electron chi connectivity index (χ1n) is 6.62. The molecule has 0 unspecified atom stereocenters. The van der Waals surface area contributed by atoms with Gasteiger partial charge in [-0.15, -0.1) is 0 Å². The summed E-state index contributed by atoms with van der Waals surface area (Å²) >= 11 is 0. The van der Waals surface area contributed by atoms with E-state index in [4.69, 9.17) is 0 Å². The summed E-state index contributed by atoms with van der Waals surface area (Å²) in [7, 11) is 0. The second-order valence-electron chi connectivity index (χ2n) is 5.44. The highest BCUT2D eigenvalue weighted by molar-refractivity contribution is 5.97. The average molecular weight is 247 g/mol. The molecule has 2 rings (SSSR count). The number of rotatable bonds is 6. The molecule has 1 aliphatic rings. The summed E-state index contributed by atoms with van der Waals surface area (Å²) in [5, 5.41) is 9.21. The van der Waals surface area contributed by atoms with Gasteiger partial charge in [-0.25, -0.2) is 0 Å². The molecule has 3 nitrogen and oxygen atoms in total. The van der Waals surface area contributed by atoms with Gasteiger partial charge < -0.3 is 5.11 Å². The van der Waals surface area contributed by atoms with Gasteiger partial charge in [0.15, 0.2) is 5.78 Å². The molecule has 0 aliphatic heterocycles. The Balaban J connectivity index is 1.97. The molecule has 0 heterocycles. The smallest absolute Gasteiger partial charge is 0.176 e. The summed E-state index contributed by atoms with van der Waals surface area (Å²) in [5.41, 5.74) is 0.675. The SMILES string of the molecule is CC(C)N(CC(=O)c1ccc(O)cc1)CC1CC1. The third kappa shape index (κ3) is 3.57. The molecule has 0 saturated heterocycles. The van der Waals surface area contributed by atoms with Crippen molar-refractivity contribution in [3.8, 4) is 5.75 Å². The Morgan fingerprint density at radius 1 is 1.33 bits per heavy atom. The first kappa shape index (κ1) is 13.1. The molecule has 0 bridgehead atoms. The van der Waals surface area contributed by atoms with Crippen molar-refractivity contribution in [2.45, 2.75) is 32.7 Å². The molecule has 0 amide bonds.